The number of pyridine rings is 1. The first-order valence-corrected chi connectivity index (χ1v) is 7.10. The summed E-state index contributed by atoms with van der Waals surface area (Å²) in [4.78, 5) is 4.21. The molecule has 20 heavy (non-hydrogen) atoms. The van der Waals surface area contributed by atoms with Gasteiger partial charge in [0, 0.05) is 16.2 Å². The predicted octanol–water partition coefficient (Wildman–Crippen LogP) is 4.10. The van der Waals surface area contributed by atoms with Gasteiger partial charge in [0.1, 0.15) is 5.75 Å². The average molecular weight is 311 g/mol. The molecule has 106 valence electrons. The van der Waals surface area contributed by atoms with Gasteiger partial charge >= 0.3 is 0 Å². The van der Waals surface area contributed by atoms with Gasteiger partial charge in [-0.1, -0.05) is 23.2 Å². The number of hydrogen-bond acceptors (Lipinski definition) is 3. The third-order valence-corrected chi connectivity index (χ3v) is 3.32. The van der Waals surface area contributed by atoms with E-state index in [4.69, 9.17) is 27.9 Å². The van der Waals surface area contributed by atoms with E-state index in [1.165, 1.54) is 0 Å². The van der Waals surface area contributed by atoms with Gasteiger partial charge in [-0.3, -0.25) is 4.98 Å². The van der Waals surface area contributed by atoms with E-state index < -0.39 is 0 Å². The quantitative estimate of drug-likeness (QED) is 0.903. The zero-order valence-electron chi connectivity index (χ0n) is 11.4. The molecular formula is C15H16Cl2N2O. The zero-order chi connectivity index (χ0) is 14.5. The first-order chi connectivity index (χ1) is 9.63. The van der Waals surface area contributed by atoms with E-state index in [1.54, 1.807) is 18.5 Å². The van der Waals surface area contributed by atoms with Crippen LogP contribution in [-0.2, 0) is 0 Å². The number of benzene rings is 1. The molecule has 0 spiro atoms. The summed E-state index contributed by atoms with van der Waals surface area (Å²) < 4.78 is 5.48. The zero-order valence-corrected chi connectivity index (χ0v) is 12.9. The summed E-state index contributed by atoms with van der Waals surface area (Å²) >= 11 is 12.1. The highest BCUT2D eigenvalue weighted by Crippen LogP contribution is 2.28. The lowest BCUT2D eigenvalue weighted by Gasteiger charge is -2.18. The van der Waals surface area contributed by atoms with E-state index in [9.17, 15) is 0 Å². The fourth-order valence-electron chi connectivity index (χ4n) is 2.11. The van der Waals surface area contributed by atoms with Crippen LogP contribution < -0.4 is 10.1 Å². The van der Waals surface area contributed by atoms with Crippen LogP contribution in [0.15, 0.2) is 36.7 Å². The average Bonchev–Trinajstić information content (AvgIpc) is 2.39. The Balaban J connectivity index is 2.38. The second kappa shape index (κ2) is 6.93. The number of nitrogens with zero attached hydrogens (tertiary/aromatic N) is 1. The maximum Gasteiger partial charge on any atom is 0.137 e. The molecule has 0 amide bonds. The number of hydrogen-bond donors (Lipinski definition) is 1. The minimum atomic E-state index is -0.0425. The Hall–Kier alpha value is -1.29. The van der Waals surface area contributed by atoms with Crippen LogP contribution in [0.2, 0.25) is 10.0 Å². The molecule has 1 N–H and O–H groups in total. The van der Waals surface area contributed by atoms with Crippen LogP contribution in [0.1, 0.15) is 24.1 Å². The van der Waals surface area contributed by atoms with Gasteiger partial charge in [0.2, 0.25) is 0 Å². The van der Waals surface area contributed by atoms with Crippen molar-refractivity contribution in [3.05, 3.63) is 57.8 Å². The molecule has 0 radical (unpaired) electrons. The third-order valence-electron chi connectivity index (χ3n) is 2.89. The lowest BCUT2D eigenvalue weighted by molar-refractivity contribution is 0.338. The number of halogens is 2. The molecule has 1 unspecified atom stereocenters. The van der Waals surface area contributed by atoms with E-state index in [0.717, 1.165) is 16.9 Å². The molecule has 0 aliphatic heterocycles. The largest absolute Gasteiger partial charge is 0.492 e. The van der Waals surface area contributed by atoms with Gasteiger partial charge < -0.3 is 10.1 Å². The van der Waals surface area contributed by atoms with Gasteiger partial charge in [-0.05, 0) is 49.4 Å². The van der Waals surface area contributed by atoms with Crippen LogP contribution in [0.4, 0.5) is 0 Å². The Morgan fingerprint density at radius 1 is 1.10 bits per heavy atom. The molecule has 0 bridgehead atoms. The van der Waals surface area contributed by atoms with E-state index in [-0.39, 0.29) is 6.04 Å². The van der Waals surface area contributed by atoms with Crippen molar-refractivity contribution in [2.45, 2.75) is 13.0 Å². The van der Waals surface area contributed by atoms with Crippen molar-refractivity contribution in [1.82, 2.24) is 10.3 Å². The van der Waals surface area contributed by atoms with Gasteiger partial charge in [-0.2, -0.15) is 0 Å². The molecule has 3 nitrogen and oxygen atoms in total. The van der Waals surface area contributed by atoms with Crippen LogP contribution in [0, 0.1) is 0 Å². The first kappa shape index (κ1) is 15.1. The normalized spacial score (nSPS) is 12.2. The first-order valence-electron chi connectivity index (χ1n) is 6.35. The Morgan fingerprint density at radius 2 is 1.80 bits per heavy atom. The second-order valence-corrected chi connectivity index (χ2v) is 5.18. The molecule has 0 saturated carbocycles. The van der Waals surface area contributed by atoms with Crippen LogP contribution in [0.25, 0.3) is 0 Å². The van der Waals surface area contributed by atoms with Crippen molar-refractivity contribution in [3.63, 3.8) is 0 Å². The van der Waals surface area contributed by atoms with Crippen molar-refractivity contribution >= 4 is 23.2 Å². The van der Waals surface area contributed by atoms with Crippen molar-refractivity contribution in [2.24, 2.45) is 0 Å². The topological polar surface area (TPSA) is 34.1 Å². The van der Waals surface area contributed by atoms with Crippen LogP contribution in [0.3, 0.4) is 0 Å². The molecular weight excluding hydrogens is 295 g/mol. The van der Waals surface area contributed by atoms with Crippen LogP contribution in [-0.4, -0.2) is 18.6 Å². The molecule has 1 atom stereocenters. The lowest BCUT2D eigenvalue weighted by atomic mass is 10.0. The molecule has 5 heteroatoms. The monoisotopic (exact) mass is 310 g/mol. The summed E-state index contributed by atoms with van der Waals surface area (Å²) in [6.07, 6.45) is 3.50. The second-order valence-electron chi connectivity index (χ2n) is 4.31. The summed E-state index contributed by atoms with van der Waals surface area (Å²) in [5.74, 6) is 0.748. The molecule has 0 aliphatic rings. The molecule has 2 aromatic rings. The molecule has 1 aromatic carbocycles. The summed E-state index contributed by atoms with van der Waals surface area (Å²) in [5, 5.41) is 4.47. The van der Waals surface area contributed by atoms with Crippen molar-refractivity contribution in [1.29, 1.82) is 0 Å². The van der Waals surface area contributed by atoms with Gasteiger partial charge in [-0.15, -0.1) is 0 Å². The van der Waals surface area contributed by atoms with Crippen molar-refractivity contribution in [2.75, 3.05) is 13.7 Å². The van der Waals surface area contributed by atoms with Crippen LogP contribution >= 0.6 is 23.2 Å². The maximum absolute atomic E-state index is 6.07. The van der Waals surface area contributed by atoms with E-state index >= 15 is 0 Å². The van der Waals surface area contributed by atoms with Gasteiger partial charge in [-0.25, -0.2) is 0 Å². The Bertz CT molecular complexity index is 570. The lowest BCUT2D eigenvalue weighted by Crippen LogP contribution is -2.18. The van der Waals surface area contributed by atoms with E-state index in [2.05, 4.69) is 10.3 Å². The van der Waals surface area contributed by atoms with E-state index in [1.807, 2.05) is 32.2 Å². The SMILES string of the molecule is CCOc1cncc(C(NC)c2cc(Cl)cc(Cl)c2)c1. The van der Waals surface area contributed by atoms with Gasteiger partial charge in [0.15, 0.2) is 0 Å². The van der Waals surface area contributed by atoms with Crippen LogP contribution in [0.5, 0.6) is 5.75 Å². The molecule has 1 heterocycles. The fraction of sp³-hybridized carbons (Fsp3) is 0.267. The maximum atomic E-state index is 6.07. The number of ether oxygens (including phenoxy) is 1. The summed E-state index contributed by atoms with van der Waals surface area (Å²) in [5.41, 5.74) is 1.98. The summed E-state index contributed by atoms with van der Waals surface area (Å²) in [6, 6.07) is 7.42. The smallest absolute Gasteiger partial charge is 0.137 e. The molecule has 1 aromatic heterocycles. The number of aromatic nitrogens is 1. The highest BCUT2D eigenvalue weighted by molar-refractivity contribution is 6.34. The summed E-state index contributed by atoms with van der Waals surface area (Å²) in [6.45, 7) is 2.55. The minimum absolute atomic E-state index is 0.0425. The fourth-order valence-corrected chi connectivity index (χ4v) is 2.65. The molecule has 0 aliphatic carbocycles. The Morgan fingerprint density at radius 3 is 2.40 bits per heavy atom. The van der Waals surface area contributed by atoms with Gasteiger partial charge in [0.05, 0.1) is 18.8 Å². The molecule has 0 fully saturated rings. The number of rotatable bonds is 5. The minimum Gasteiger partial charge on any atom is -0.492 e. The highest BCUT2D eigenvalue weighted by atomic mass is 35.5. The standard InChI is InChI=1S/C15H16Cl2N2O/c1-3-20-14-6-11(8-19-9-14)15(18-2)10-4-12(16)7-13(17)5-10/h4-9,15,18H,3H2,1-2H3. The predicted molar refractivity (Wildman–Crippen MR) is 82.8 cm³/mol. The Labute approximate surface area is 128 Å². The van der Waals surface area contributed by atoms with Crippen molar-refractivity contribution in [3.8, 4) is 5.75 Å². The molecule has 0 saturated heterocycles. The molecule has 2 rings (SSSR count). The third kappa shape index (κ3) is 3.63. The Kier molecular flexibility index (Phi) is 5.24. The van der Waals surface area contributed by atoms with E-state index in [0.29, 0.717) is 16.7 Å². The highest BCUT2D eigenvalue weighted by Gasteiger charge is 2.14. The summed E-state index contributed by atoms with van der Waals surface area (Å²) in [7, 11) is 1.88. The van der Waals surface area contributed by atoms with Gasteiger partial charge in [0.25, 0.3) is 0 Å². The number of nitrogens with one attached hydrogen (secondary N) is 1. The van der Waals surface area contributed by atoms with Crippen molar-refractivity contribution < 1.29 is 4.74 Å².